The Hall–Kier alpha value is -0.620. The quantitative estimate of drug-likeness (QED) is 0.492. The second-order valence-corrected chi connectivity index (χ2v) is 3.79. The predicted octanol–water partition coefficient (Wildman–Crippen LogP) is 2.70. The average Bonchev–Trinajstić information content (AvgIpc) is 1.96. The summed E-state index contributed by atoms with van der Waals surface area (Å²) >= 11 is 6.14. The third-order valence-electron chi connectivity index (χ3n) is 1.26. The molecule has 0 saturated carbocycles. The molecular weight excluding hydrogens is 292 g/mol. The van der Waals surface area contributed by atoms with Gasteiger partial charge < -0.3 is 5.73 Å². The van der Waals surface area contributed by atoms with Gasteiger partial charge in [-0.3, -0.25) is 10.1 Å². The molecule has 0 atom stereocenters. The molecule has 0 spiro atoms. The minimum absolute atomic E-state index is 0.00363. The van der Waals surface area contributed by atoms with Crippen molar-refractivity contribution in [2.45, 2.75) is 0 Å². The minimum atomic E-state index is -0.478. The van der Waals surface area contributed by atoms with Crippen LogP contribution in [0, 0.1) is 10.1 Å². The number of nitro groups is 1. The van der Waals surface area contributed by atoms with Gasteiger partial charge in [-0.2, -0.15) is 0 Å². The predicted molar refractivity (Wildman–Crippen MR) is 52.9 cm³/mol. The third kappa shape index (κ3) is 1.75. The zero-order valence-corrected chi connectivity index (χ0v) is 8.92. The van der Waals surface area contributed by atoms with Gasteiger partial charge in [-0.15, -0.1) is 0 Å². The summed E-state index contributed by atoms with van der Waals surface area (Å²) in [6, 6.07) is 2.85. The number of nitro benzene ring substituents is 1. The molecule has 0 fully saturated rings. The molecule has 0 unspecified atom stereocenters. The van der Waals surface area contributed by atoms with Gasteiger partial charge in [-0.1, -0.05) is 0 Å². The van der Waals surface area contributed by atoms with Crippen molar-refractivity contribution in [3.05, 3.63) is 31.2 Å². The summed E-state index contributed by atoms with van der Waals surface area (Å²) in [6.45, 7) is 0. The molecule has 0 aromatic heterocycles. The summed E-state index contributed by atoms with van der Waals surface area (Å²) in [7, 11) is 0. The fraction of sp³-hybridized carbons (Fsp3) is 0. The summed E-state index contributed by atoms with van der Waals surface area (Å²) in [5.74, 6) is 0. The molecule has 0 bridgehead atoms. The Morgan fingerprint density at radius 1 is 1.33 bits per heavy atom. The summed E-state index contributed by atoms with van der Waals surface area (Å²) in [6.07, 6.45) is 0. The van der Waals surface area contributed by atoms with Crippen LogP contribution in [0.2, 0.25) is 0 Å². The van der Waals surface area contributed by atoms with Gasteiger partial charge >= 0.3 is 0 Å². The van der Waals surface area contributed by atoms with Crippen LogP contribution in [0.5, 0.6) is 0 Å². The number of hydrogen-bond donors (Lipinski definition) is 1. The van der Waals surface area contributed by atoms with E-state index in [9.17, 15) is 10.1 Å². The van der Waals surface area contributed by atoms with E-state index in [1.807, 2.05) is 0 Å². The van der Waals surface area contributed by atoms with Gasteiger partial charge in [0.2, 0.25) is 0 Å². The molecule has 1 rings (SSSR count). The minimum Gasteiger partial charge on any atom is -0.398 e. The lowest BCUT2D eigenvalue weighted by molar-refractivity contribution is -0.385. The number of hydrogen-bond acceptors (Lipinski definition) is 3. The number of nitrogen functional groups attached to an aromatic ring is 1. The number of nitrogens with zero attached hydrogens (tertiary/aromatic N) is 1. The molecule has 6 heteroatoms. The molecule has 0 radical (unpaired) electrons. The monoisotopic (exact) mass is 294 g/mol. The Kier molecular flexibility index (Phi) is 2.69. The molecule has 2 N–H and O–H groups in total. The normalized spacial score (nSPS) is 9.83. The molecule has 0 aliphatic rings. The molecule has 0 aliphatic carbocycles. The second kappa shape index (κ2) is 3.40. The Morgan fingerprint density at radius 3 is 2.42 bits per heavy atom. The Morgan fingerprint density at radius 2 is 1.92 bits per heavy atom. The zero-order chi connectivity index (χ0) is 9.30. The smallest absolute Gasteiger partial charge is 0.284 e. The average molecular weight is 296 g/mol. The lowest BCUT2D eigenvalue weighted by Gasteiger charge is -1.99. The molecule has 1 aromatic rings. The van der Waals surface area contributed by atoms with Crippen LogP contribution < -0.4 is 5.73 Å². The first-order valence-corrected chi connectivity index (χ1v) is 4.50. The Balaban J connectivity index is 3.33. The number of benzene rings is 1. The molecule has 1 aromatic carbocycles. The SMILES string of the molecule is Nc1cc(Br)c([N+](=O)[O-])cc1Br. The first kappa shape index (κ1) is 9.47. The van der Waals surface area contributed by atoms with Gasteiger partial charge in [0.05, 0.1) is 9.40 Å². The highest BCUT2D eigenvalue weighted by atomic mass is 79.9. The summed E-state index contributed by atoms with van der Waals surface area (Å²) in [4.78, 5) is 9.92. The van der Waals surface area contributed by atoms with Crippen LogP contribution in [-0.2, 0) is 0 Å². The van der Waals surface area contributed by atoms with Crippen molar-refractivity contribution in [1.29, 1.82) is 0 Å². The summed E-state index contributed by atoms with van der Waals surface area (Å²) < 4.78 is 0.908. The highest BCUT2D eigenvalue weighted by Crippen LogP contribution is 2.32. The van der Waals surface area contributed by atoms with E-state index in [0.29, 0.717) is 14.6 Å². The van der Waals surface area contributed by atoms with Crippen molar-refractivity contribution in [2.75, 3.05) is 5.73 Å². The fourth-order valence-electron chi connectivity index (χ4n) is 0.692. The molecule has 0 amide bonds. The van der Waals surface area contributed by atoms with Crippen molar-refractivity contribution in [3.8, 4) is 0 Å². The van der Waals surface area contributed by atoms with E-state index in [0.717, 1.165) is 0 Å². The molecule has 0 saturated heterocycles. The van der Waals surface area contributed by atoms with Gasteiger partial charge in [-0.05, 0) is 37.9 Å². The largest absolute Gasteiger partial charge is 0.398 e. The van der Waals surface area contributed by atoms with Crippen LogP contribution in [0.3, 0.4) is 0 Å². The van der Waals surface area contributed by atoms with Gasteiger partial charge in [0, 0.05) is 16.2 Å². The number of nitrogens with two attached hydrogens (primary N) is 1. The standard InChI is InChI=1S/C6H4Br2N2O2/c7-3-2-6(10(11)12)4(8)1-5(3)9/h1-2H,9H2. The van der Waals surface area contributed by atoms with E-state index in [2.05, 4.69) is 31.9 Å². The van der Waals surface area contributed by atoms with Gasteiger partial charge in [0.1, 0.15) is 0 Å². The van der Waals surface area contributed by atoms with Gasteiger partial charge in [0.25, 0.3) is 5.69 Å². The summed E-state index contributed by atoms with van der Waals surface area (Å²) in [5, 5.41) is 10.4. The first-order chi connectivity index (χ1) is 5.52. The Labute approximate surface area is 85.2 Å². The van der Waals surface area contributed by atoms with Crippen molar-refractivity contribution < 1.29 is 4.92 Å². The van der Waals surface area contributed by atoms with Crippen molar-refractivity contribution in [1.82, 2.24) is 0 Å². The molecule has 0 heterocycles. The van der Waals surface area contributed by atoms with E-state index < -0.39 is 4.92 Å². The van der Waals surface area contributed by atoms with Gasteiger partial charge in [0.15, 0.2) is 0 Å². The number of halogens is 2. The van der Waals surface area contributed by atoms with E-state index >= 15 is 0 Å². The van der Waals surface area contributed by atoms with Crippen LogP contribution in [0.25, 0.3) is 0 Å². The van der Waals surface area contributed by atoms with Crippen molar-refractivity contribution in [2.24, 2.45) is 0 Å². The van der Waals surface area contributed by atoms with Gasteiger partial charge in [-0.25, -0.2) is 0 Å². The van der Waals surface area contributed by atoms with E-state index in [1.165, 1.54) is 12.1 Å². The van der Waals surface area contributed by atoms with E-state index in [1.54, 1.807) is 0 Å². The van der Waals surface area contributed by atoms with Crippen molar-refractivity contribution >= 4 is 43.2 Å². The highest BCUT2D eigenvalue weighted by Gasteiger charge is 2.13. The number of anilines is 1. The lowest BCUT2D eigenvalue weighted by atomic mass is 10.3. The topological polar surface area (TPSA) is 69.2 Å². The molecule has 64 valence electrons. The van der Waals surface area contributed by atoms with E-state index in [4.69, 9.17) is 5.73 Å². The van der Waals surface area contributed by atoms with Crippen LogP contribution in [0.1, 0.15) is 0 Å². The molecule has 4 nitrogen and oxygen atoms in total. The van der Waals surface area contributed by atoms with Crippen LogP contribution >= 0.6 is 31.9 Å². The fourth-order valence-corrected chi connectivity index (χ4v) is 1.53. The second-order valence-electron chi connectivity index (χ2n) is 2.08. The molecular formula is C6H4Br2N2O2. The van der Waals surface area contributed by atoms with E-state index in [-0.39, 0.29) is 5.69 Å². The van der Waals surface area contributed by atoms with Crippen LogP contribution in [0.15, 0.2) is 21.1 Å². The van der Waals surface area contributed by atoms with Crippen molar-refractivity contribution in [3.63, 3.8) is 0 Å². The number of rotatable bonds is 1. The summed E-state index contributed by atoms with van der Waals surface area (Å²) in [5.41, 5.74) is 5.95. The first-order valence-electron chi connectivity index (χ1n) is 2.91. The highest BCUT2D eigenvalue weighted by molar-refractivity contribution is 9.11. The lowest BCUT2D eigenvalue weighted by Crippen LogP contribution is -1.92. The Bertz CT molecular complexity index is 341. The maximum atomic E-state index is 10.4. The maximum Gasteiger partial charge on any atom is 0.284 e. The van der Waals surface area contributed by atoms with Crippen LogP contribution in [0.4, 0.5) is 11.4 Å². The maximum absolute atomic E-state index is 10.4. The molecule has 12 heavy (non-hydrogen) atoms. The molecule has 0 aliphatic heterocycles. The van der Waals surface area contributed by atoms with Crippen LogP contribution in [-0.4, -0.2) is 4.92 Å². The third-order valence-corrected chi connectivity index (χ3v) is 2.58. The zero-order valence-electron chi connectivity index (χ0n) is 5.75.